The summed E-state index contributed by atoms with van der Waals surface area (Å²) in [5.41, 5.74) is 0.827. The van der Waals surface area contributed by atoms with Crippen LogP contribution in [0.3, 0.4) is 0 Å². The van der Waals surface area contributed by atoms with Crippen molar-refractivity contribution in [3.05, 3.63) is 0 Å². The molecule has 4 nitrogen and oxygen atoms in total. The minimum absolute atomic E-state index is 0.199. The number of hydrogen-bond donors (Lipinski definition) is 4. The lowest BCUT2D eigenvalue weighted by atomic mass is 9.68. The lowest BCUT2D eigenvalue weighted by Gasteiger charge is -2.53. The van der Waals surface area contributed by atoms with Gasteiger partial charge >= 0.3 is 0 Å². The molecule has 0 spiro atoms. The Balaban J connectivity index is 1.81. The molecule has 0 bridgehead atoms. The first-order valence-corrected chi connectivity index (χ1v) is 11.8. The van der Waals surface area contributed by atoms with Gasteiger partial charge in [-0.3, -0.25) is 0 Å². The normalized spacial score (nSPS) is 32.1. The van der Waals surface area contributed by atoms with Gasteiger partial charge in [-0.25, -0.2) is 0 Å². The molecule has 4 heteroatoms. The Labute approximate surface area is 174 Å². The molecule has 0 aromatic heterocycles. The summed E-state index contributed by atoms with van der Waals surface area (Å²) in [6.07, 6.45) is 7.62. The van der Waals surface area contributed by atoms with E-state index >= 15 is 0 Å². The fourth-order valence-electron chi connectivity index (χ4n) is 7.23. The molecule has 3 fully saturated rings. The fourth-order valence-corrected chi connectivity index (χ4v) is 7.23. The standard InChI is InChI=1S/C24H48N4/c1-21(2)13-18(14-22(3,4)27-21)20(17-9-11-25-12-10-17)26-19-15-23(5,6)28-24(7,8)16-19/h17-20,25-28H,9-16H2,1-8H3. The van der Waals surface area contributed by atoms with E-state index in [1.807, 2.05) is 0 Å². The Morgan fingerprint density at radius 3 is 1.54 bits per heavy atom. The number of piperidine rings is 3. The molecule has 164 valence electrons. The van der Waals surface area contributed by atoms with Crippen molar-refractivity contribution in [1.82, 2.24) is 21.3 Å². The molecule has 0 saturated carbocycles. The van der Waals surface area contributed by atoms with Gasteiger partial charge in [0, 0.05) is 34.2 Å². The van der Waals surface area contributed by atoms with Gasteiger partial charge in [-0.1, -0.05) is 0 Å². The van der Waals surface area contributed by atoms with Crippen LogP contribution in [0.15, 0.2) is 0 Å². The van der Waals surface area contributed by atoms with Crippen LogP contribution < -0.4 is 21.3 Å². The van der Waals surface area contributed by atoms with E-state index in [0.717, 1.165) is 11.8 Å². The van der Waals surface area contributed by atoms with Crippen LogP contribution in [-0.4, -0.2) is 47.3 Å². The van der Waals surface area contributed by atoms with Crippen molar-refractivity contribution < 1.29 is 0 Å². The van der Waals surface area contributed by atoms with Crippen molar-refractivity contribution >= 4 is 0 Å². The second-order valence-corrected chi connectivity index (χ2v) is 12.8. The van der Waals surface area contributed by atoms with Gasteiger partial charge in [-0.2, -0.15) is 0 Å². The quantitative estimate of drug-likeness (QED) is 0.588. The van der Waals surface area contributed by atoms with Crippen molar-refractivity contribution in [3.63, 3.8) is 0 Å². The molecular formula is C24H48N4. The molecule has 3 aliphatic heterocycles. The maximum Gasteiger partial charge on any atom is 0.0144 e. The van der Waals surface area contributed by atoms with Crippen LogP contribution in [0.4, 0.5) is 0 Å². The Morgan fingerprint density at radius 1 is 0.643 bits per heavy atom. The van der Waals surface area contributed by atoms with Crippen molar-refractivity contribution in [2.75, 3.05) is 13.1 Å². The highest BCUT2D eigenvalue weighted by molar-refractivity contribution is 5.05. The summed E-state index contributed by atoms with van der Waals surface area (Å²) in [6.45, 7) is 21.5. The minimum Gasteiger partial charge on any atom is -0.317 e. The molecule has 4 N–H and O–H groups in total. The predicted molar refractivity (Wildman–Crippen MR) is 121 cm³/mol. The summed E-state index contributed by atoms with van der Waals surface area (Å²) in [6, 6.07) is 1.24. The minimum atomic E-state index is 0.199. The van der Waals surface area contributed by atoms with E-state index in [0.29, 0.717) is 12.1 Å². The van der Waals surface area contributed by atoms with E-state index in [2.05, 4.69) is 76.7 Å². The zero-order chi connectivity index (χ0) is 20.8. The molecule has 0 radical (unpaired) electrons. The van der Waals surface area contributed by atoms with E-state index in [-0.39, 0.29) is 22.2 Å². The second kappa shape index (κ2) is 7.83. The molecule has 0 amide bonds. The van der Waals surface area contributed by atoms with Gasteiger partial charge in [0.25, 0.3) is 0 Å². The smallest absolute Gasteiger partial charge is 0.0144 e. The zero-order valence-corrected chi connectivity index (χ0v) is 20.0. The van der Waals surface area contributed by atoms with Crippen molar-refractivity contribution in [1.29, 1.82) is 0 Å². The van der Waals surface area contributed by atoms with Crippen molar-refractivity contribution in [2.24, 2.45) is 11.8 Å². The van der Waals surface area contributed by atoms with Crippen LogP contribution in [0.1, 0.15) is 93.9 Å². The Hall–Kier alpha value is -0.160. The molecule has 1 unspecified atom stereocenters. The van der Waals surface area contributed by atoms with Gasteiger partial charge < -0.3 is 21.3 Å². The van der Waals surface area contributed by atoms with Crippen LogP contribution >= 0.6 is 0 Å². The molecule has 0 aromatic carbocycles. The van der Waals surface area contributed by atoms with Crippen LogP contribution in [-0.2, 0) is 0 Å². The lowest BCUT2D eigenvalue weighted by molar-refractivity contribution is 0.0591. The second-order valence-electron chi connectivity index (χ2n) is 12.8. The number of rotatable bonds is 4. The van der Waals surface area contributed by atoms with E-state index in [1.54, 1.807) is 0 Å². The molecule has 3 aliphatic rings. The molecule has 3 saturated heterocycles. The summed E-state index contributed by atoms with van der Waals surface area (Å²) in [4.78, 5) is 0. The third-order valence-electron chi connectivity index (χ3n) is 7.24. The summed E-state index contributed by atoms with van der Waals surface area (Å²) in [5, 5.41) is 15.6. The van der Waals surface area contributed by atoms with E-state index < -0.39 is 0 Å². The van der Waals surface area contributed by atoms with E-state index in [9.17, 15) is 0 Å². The van der Waals surface area contributed by atoms with Gasteiger partial charge in [-0.05, 0) is 119 Å². The van der Waals surface area contributed by atoms with Crippen LogP contribution in [0.5, 0.6) is 0 Å². The topological polar surface area (TPSA) is 48.1 Å². The first-order valence-electron chi connectivity index (χ1n) is 11.8. The van der Waals surface area contributed by atoms with Crippen LogP contribution in [0.25, 0.3) is 0 Å². The van der Waals surface area contributed by atoms with Crippen molar-refractivity contribution in [3.8, 4) is 0 Å². The van der Waals surface area contributed by atoms with Gasteiger partial charge in [-0.15, -0.1) is 0 Å². The summed E-state index contributed by atoms with van der Waals surface area (Å²) >= 11 is 0. The average Bonchev–Trinajstić information content (AvgIpc) is 2.47. The monoisotopic (exact) mass is 392 g/mol. The van der Waals surface area contributed by atoms with E-state index in [4.69, 9.17) is 0 Å². The van der Waals surface area contributed by atoms with Gasteiger partial charge in [0.15, 0.2) is 0 Å². The zero-order valence-electron chi connectivity index (χ0n) is 20.0. The van der Waals surface area contributed by atoms with Gasteiger partial charge in [0.1, 0.15) is 0 Å². The van der Waals surface area contributed by atoms with Gasteiger partial charge in [0.05, 0.1) is 0 Å². The Bertz CT molecular complexity index is 499. The maximum absolute atomic E-state index is 4.29. The average molecular weight is 393 g/mol. The van der Waals surface area contributed by atoms with Gasteiger partial charge in [0.2, 0.25) is 0 Å². The molecule has 0 aliphatic carbocycles. The molecule has 28 heavy (non-hydrogen) atoms. The first kappa shape index (κ1) is 22.5. The SMILES string of the molecule is CC1(C)CC(NC(C2CCNCC2)C2CC(C)(C)NC(C)(C)C2)CC(C)(C)N1. The van der Waals surface area contributed by atoms with E-state index in [1.165, 1.54) is 51.6 Å². The molecule has 0 aromatic rings. The lowest BCUT2D eigenvalue weighted by Crippen LogP contribution is -2.65. The summed E-state index contributed by atoms with van der Waals surface area (Å²) < 4.78 is 0. The Morgan fingerprint density at radius 2 is 1.07 bits per heavy atom. The van der Waals surface area contributed by atoms with Crippen LogP contribution in [0, 0.1) is 11.8 Å². The predicted octanol–water partition coefficient (Wildman–Crippen LogP) is 3.81. The first-order chi connectivity index (χ1) is 12.8. The third-order valence-corrected chi connectivity index (χ3v) is 7.24. The maximum atomic E-state index is 4.29. The molecular weight excluding hydrogens is 344 g/mol. The molecule has 3 rings (SSSR count). The van der Waals surface area contributed by atoms with Crippen molar-refractivity contribution in [2.45, 2.75) is 128 Å². The summed E-state index contributed by atoms with van der Waals surface area (Å²) in [7, 11) is 0. The number of nitrogens with one attached hydrogen (secondary N) is 4. The summed E-state index contributed by atoms with van der Waals surface area (Å²) in [5.74, 6) is 1.55. The molecule has 3 heterocycles. The highest BCUT2D eigenvalue weighted by Crippen LogP contribution is 2.39. The highest BCUT2D eigenvalue weighted by Gasteiger charge is 2.45. The largest absolute Gasteiger partial charge is 0.317 e. The number of hydrogen-bond acceptors (Lipinski definition) is 4. The Kier molecular flexibility index (Phi) is 6.30. The van der Waals surface area contributed by atoms with Crippen LogP contribution in [0.2, 0.25) is 0 Å². The highest BCUT2D eigenvalue weighted by atomic mass is 15.1. The fraction of sp³-hybridized carbons (Fsp3) is 1.00. The third kappa shape index (κ3) is 5.93. The molecule has 1 atom stereocenters.